The fourth-order valence-corrected chi connectivity index (χ4v) is 5.06. The Morgan fingerprint density at radius 3 is 2.78 bits per heavy atom. The van der Waals surface area contributed by atoms with Crippen molar-refractivity contribution in [2.75, 3.05) is 39.4 Å². The number of rotatable bonds is 5. The zero-order chi connectivity index (χ0) is 16.1. The number of aromatic nitrogens is 1. The molecule has 0 amide bonds. The first-order valence-corrected chi connectivity index (χ1v) is 9.84. The summed E-state index contributed by atoms with van der Waals surface area (Å²) in [6.45, 7) is 5.01. The molecule has 3 rings (SSSR count). The normalized spacial score (nSPS) is 24.6. The van der Waals surface area contributed by atoms with Crippen molar-refractivity contribution >= 4 is 10.0 Å². The summed E-state index contributed by atoms with van der Waals surface area (Å²) in [4.78, 5) is 6.63. The number of ether oxygens (including phenoxy) is 1. The zero-order valence-corrected chi connectivity index (χ0v) is 14.2. The Labute approximate surface area is 138 Å². The van der Waals surface area contributed by atoms with E-state index in [4.69, 9.17) is 4.74 Å². The monoisotopic (exact) mass is 339 g/mol. The molecule has 2 aliphatic rings. The molecule has 1 atom stereocenters. The van der Waals surface area contributed by atoms with Gasteiger partial charge in [0.1, 0.15) is 4.90 Å². The van der Waals surface area contributed by atoms with E-state index < -0.39 is 10.0 Å². The Kier molecular flexibility index (Phi) is 5.63. The van der Waals surface area contributed by atoms with E-state index in [0.29, 0.717) is 11.4 Å². The molecule has 3 heterocycles. The Bertz CT molecular complexity index is 588. The lowest BCUT2D eigenvalue weighted by molar-refractivity contribution is 0.0340. The lowest BCUT2D eigenvalue weighted by Crippen LogP contribution is -2.46. The van der Waals surface area contributed by atoms with Crippen LogP contribution in [-0.4, -0.2) is 68.0 Å². The second-order valence-electron chi connectivity index (χ2n) is 6.20. The summed E-state index contributed by atoms with van der Waals surface area (Å²) in [6.07, 6.45) is 6.93. The Morgan fingerprint density at radius 2 is 2.04 bits per heavy atom. The molecule has 2 aliphatic heterocycles. The van der Waals surface area contributed by atoms with Gasteiger partial charge in [-0.3, -0.25) is 9.88 Å². The van der Waals surface area contributed by atoms with E-state index in [1.54, 1.807) is 22.6 Å². The molecule has 7 heteroatoms. The molecule has 23 heavy (non-hydrogen) atoms. The van der Waals surface area contributed by atoms with Crippen molar-refractivity contribution in [3.8, 4) is 0 Å². The number of piperidine rings is 1. The largest absolute Gasteiger partial charge is 0.379 e. The molecule has 0 aromatic carbocycles. The number of pyridine rings is 1. The van der Waals surface area contributed by atoms with Crippen LogP contribution in [0.5, 0.6) is 0 Å². The molecule has 2 saturated heterocycles. The third kappa shape index (κ3) is 4.09. The molecule has 6 nitrogen and oxygen atoms in total. The fourth-order valence-electron chi connectivity index (χ4n) is 3.37. The highest BCUT2D eigenvalue weighted by molar-refractivity contribution is 7.89. The summed E-state index contributed by atoms with van der Waals surface area (Å²) in [5.74, 6) is 0. The molecule has 1 aromatic heterocycles. The van der Waals surface area contributed by atoms with Gasteiger partial charge in [-0.1, -0.05) is 6.42 Å². The Hall–Kier alpha value is -1.02. The maximum absolute atomic E-state index is 12.9. The van der Waals surface area contributed by atoms with Crippen molar-refractivity contribution in [3.63, 3.8) is 0 Å². The van der Waals surface area contributed by atoms with Crippen LogP contribution in [0.2, 0.25) is 0 Å². The fraction of sp³-hybridized carbons (Fsp3) is 0.688. The predicted molar refractivity (Wildman–Crippen MR) is 87.6 cm³/mol. The van der Waals surface area contributed by atoms with Crippen molar-refractivity contribution in [1.82, 2.24) is 14.2 Å². The maximum Gasteiger partial charge on any atom is 0.244 e. The lowest BCUT2D eigenvalue weighted by Gasteiger charge is -2.36. The van der Waals surface area contributed by atoms with Gasteiger partial charge in [-0.05, 0) is 37.9 Å². The maximum atomic E-state index is 12.9. The van der Waals surface area contributed by atoms with Crippen LogP contribution >= 0.6 is 0 Å². The number of hydrogen-bond acceptors (Lipinski definition) is 5. The van der Waals surface area contributed by atoms with Crippen LogP contribution in [0.1, 0.15) is 25.7 Å². The molecule has 0 radical (unpaired) electrons. The van der Waals surface area contributed by atoms with Gasteiger partial charge in [-0.25, -0.2) is 8.42 Å². The molecule has 1 unspecified atom stereocenters. The first-order chi connectivity index (χ1) is 11.2. The molecule has 128 valence electrons. The molecule has 0 aliphatic carbocycles. The third-order valence-electron chi connectivity index (χ3n) is 4.70. The van der Waals surface area contributed by atoms with Gasteiger partial charge >= 0.3 is 0 Å². The smallest absolute Gasteiger partial charge is 0.244 e. The predicted octanol–water partition coefficient (Wildman–Crippen LogP) is 1.35. The minimum atomic E-state index is -3.44. The van der Waals surface area contributed by atoms with E-state index in [1.807, 2.05) is 0 Å². The van der Waals surface area contributed by atoms with Crippen molar-refractivity contribution in [2.45, 2.75) is 36.6 Å². The number of morpholine rings is 1. The van der Waals surface area contributed by atoms with Gasteiger partial charge < -0.3 is 4.74 Å². The molecule has 0 saturated carbocycles. The van der Waals surface area contributed by atoms with Crippen molar-refractivity contribution in [2.24, 2.45) is 0 Å². The summed E-state index contributed by atoms with van der Waals surface area (Å²) >= 11 is 0. The van der Waals surface area contributed by atoms with Crippen LogP contribution in [0.3, 0.4) is 0 Å². The van der Waals surface area contributed by atoms with Gasteiger partial charge in [0.25, 0.3) is 0 Å². The number of sulfonamides is 1. The highest BCUT2D eigenvalue weighted by atomic mass is 32.2. The number of nitrogens with zero attached hydrogens (tertiary/aromatic N) is 3. The van der Waals surface area contributed by atoms with Gasteiger partial charge in [-0.15, -0.1) is 0 Å². The van der Waals surface area contributed by atoms with Gasteiger partial charge in [0.15, 0.2) is 0 Å². The average Bonchev–Trinajstić information content (AvgIpc) is 2.62. The SMILES string of the molecule is O=S(=O)(c1cccnc1)N1CCCCC1CCN1CCOCC1. The quantitative estimate of drug-likeness (QED) is 0.810. The topological polar surface area (TPSA) is 62.7 Å². The minimum absolute atomic E-state index is 0.0943. The highest BCUT2D eigenvalue weighted by Gasteiger charge is 2.33. The standard InChI is InChI=1S/C16H25N3O3S/c20-23(21,16-5-3-7-17-14-16)19-8-2-1-4-15(19)6-9-18-10-12-22-13-11-18/h3,5,7,14-15H,1-2,4,6,8-13H2. The molecular formula is C16H25N3O3S. The summed E-state index contributed by atoms with van der Waals surface area (Å²) < 4.78 is 32.9. The van der Waals surface area contributed by atoms with E-state index in [1.165, 1.54) is 6.20 Å². The van der Waals surface area contributed by atoms with Gasteiger partial charge in [0.2, 0.25) is 10.0 Å². The van der Waals surface area contributed by atoms with Crippen molar-refractivity contribution in [1.29, 1.82) is 0 Å². The first kappa shape index (κ1) is 16.8. The van der Waals surface area contributed by atoms with Gasteiger partial charge in [0, 0.05) is 38.1 Å². The van der Waals surface area contributed by atoms with Gasteiger partial charge in [-0.2, -0.15) is 4.31 Å². The van der Waals surface area contributed by atoms with E-state index in [2.05, 4.69) is 9.88 Å². The second kappa shape index (κ2) is 7.70. The van der Waals surface area contributed by atoms with Gasteiger partial charge in [0.05, 0.1) is 13.2 Å². The highest BCUT2D eigenvalue weighted by Crippen LogP contribution is 2.27. The first-order valence-electron chi connectivity index (χ1n) is 8.40. The van der Waals surface area contributed by atoms with E-state index >= 15 is 0 Å². The Balaban J connectivity index is 1.68. The molecular weight excluding hydrogens is 314 g/mol. The van der Waals surface area contributed by atoms with Crippen LogP contribution in [0.15, 0.2) is 29.4 Å². The second-order valence-corrected chi connectivity index (χ2v) is 8.09. The van der Waals surface area contributed by atoms with Crippen LogP contribution in [0, 0.1) is 0 Å². The van der Waals surface area contributed by atoms with Crippen LogP contribution in [0.4, 0.5) is 0 Å². The minimum Gasteiger partial charge on any atom is -0.379 e. The summed E-state index contributed by atoms with van der Waals surface area (Å²) in [7, 11) is -3.44. The van der Waals surface area contributed by atoms with Crippen LogP contribution in [-0.2, 0) is 14.8 Å². The third-order valence-corrected chi connectivity index (χ3v) is 6.63. The summed E-state index contributed by atoms with van der Waals surface area (Å²) in [6, 6.07) is 3.41. The Morgan fingerprint density at radius 1 is 1.22 bits per heavy atom. The molecule has 0 spiro atoms. The summed E-state index contributed by atoms with van der Waals surface area (Å²) in [5, 5.41) is 0. The molecule has 0 N–H and O–H groups in total. The molecule has 0 bridgehead atoms. The summed E-state index contributed by atoms with van der Waals surface area (Å²) in [5.41, 5.74) is 0. The van der Waals surface area contributed by atoms with E-state index in [-0.39, 0.29) is 6.04 Å². The molecule has 2 fully saturated rings. The zero-order valence-electron chi connectivity index (χ0n) is 13.4. The van der Waals surface area contributed by atoms with Crippen LogP contribution < -0.4 is 0 Å². The lowest BCUT2D eigenvalue weighted by atomic mass is 10.0. The van der Waals surface area contributed by atoms with Crippen LogP contribution in [0.25, 0.3) is 0 Å². The van der Waals surface area contributed by atoms with E-state index in [0.717, 1.165) is 58.5 Å². The average molecular weight is 339 g/mol. The van der Waals surface area contributed by atoms with E-state index in [9.17, 15) is 8.42 Å². The molecule has 1 aromatic rings. The van der Waals surface area contributed by atoms with Crippen molar-refractivity contribution in [3.05, 3.63) is 24.5 Å². The van der Waals surface area contributed by atoms with Crippen molar-refractivity contribution < 1.29 is 13.2 Å². The number of hydrogen-bond donors (Lipinski definition) is 0.